The number of piperidine rings is 1. The van der Waals surface area contributed by atoms with Crippen molar-refractivity contribution in [3.63, 3.8) is 0 Å². The minimum Gasteiger partial charge on any atom is -0.313 e. The van der Waals surface area contributed by atoms with Gasteiger partial charge in [0.05, 0.1) is 0 Å². The Bertz CT molecular complexity index is 202. The highest BCUT2D eigenvalue weighted by Crippen LogP contribution is 2.26. The fraction of sp³-hybridized carbons (Fsp3) is 1.00. The molecule has 2 rings (SSSR count). The van der Waals surface area contributed by atoms with Gasteiger partial charge in [0.2, 0.25) is 0 Å². The van der Waals surface area contributed by atoms with Crippen LogP contribution in [0.4, 0.5) is 0 Å². The number of nitrogens with one attached hydrogen (secondary N) is 1. The maximum absolute atomic E-state index is 3.76. The molecule has 0 spiro atoms. The molecule has 0 aromatic rings. The van der Waals surface area contributed by atoms with E-state index in [9.17, 15) is 0 Å². The first-order chi connectivity index (χ1) is 7.75. The first-order valence-electron chi connectivity index (χ1n) is 6.79. The highest BCUT2D eigenvalue weighted by atomic mass is 32.2. The summed E-state index contributed by atoms with van der Waals surface area (Å²) in [5.41, 5.74) is 0. The van der Waals surface area contributed by atoms with Crippen molar-refractivity contribution in [2.75, 3.05) is 32.4 Å². The molecule has 0 aromatic heterocycles. The summed E-state index contributed by atoms with van der Waals surface area (Å²) in [6, 6.07) is 0.788. The van der Waals surface area contributed by atoms with Gasteiger partial charge in [0.1, 0.15) is 0 Å². The molecule has 0 amide bonds. The van der Waals surface area contributed by atoms with Crippen LogP contribution in [0, 0.1) is 5.92 Å². The van der Waals surface area contributed by atoms with Crippen molar-refractivity contribution in [1.82, 2.24) is 10.2 Å². The molecule has 0 radical (unpaired) electrons. The van der Waals surface area contributed by atoms with Crippen LogP contribution in [0.5, 0.6) is 0 Å². The smallest absolute Gasteiger partial charge is 0.0191 e. The molecule has 2 fully saturated rings. The van der Waals surface area contributed by atoms with Crippen LogP contribution in [-0.2, 0) is 0 Å². The maximum atomic E-state index is 3.76. The van der Waals surface area contributed by atoms with Crippen LogP contribution in [0.3, 0.4) is 0 Å². The molecule has 2 aliphatic rings. The highest BCUT2D eigenvalue weighted by Gasteiger charge is 2.23. The van der Waals surface area contributed by atoms with Crippen molar-refractivity contribution in [3.05, 3.63) is 0 Å². The van der Waals surface area contributed by atoms with E-state index < -0.39 is 0 Å². The van der Waals surface area contributed by atoms with Crippen molar-refractivity contribution in [2.24, 2.45) is 5.92 Å². The van der Waals surface area contributed by atoms with Gasteiger partial charge in [0, 0.05) is 11.3 Å². The zero-order valence-electron chi connectivity index (χ0n) is 10.7. The zero-order valence-corrected chi connectivity index (χ0v) is 11.6. The van der Waals surface area contributed by atoms with E-state index >= 15 is 0 Å². The summed E-state index contributed by atoms with van der Waals surface area (Å²) in [7, 11) is 2.24. The van der Waals surface area contributed by atoms with Crippen LogP contribution in [-0.4, -0.2) is 48.6 Å². The summed E-state index contributed by atoms with van der Waals surface area (Å²) in [5.74, 6) is 2.33. The SMILES string of the molecule is CC1SCCC1NCCC1CCN(C)CC1. The van der Waals surface area contributed by atoms with E-state index in [1.54, 1.807) is 0 Å². The van der Waals surface area contributed by atoms with Gasteiger partial charge < -0.3 is 10.2 Å². The standard InChI is InChI=1S/C13H26N2S/c1-11-13(6-10-16-11)14-7-3-12-4-8-15(2)9-5-12/h11-14H,3-10H2,1-2H3. The van der Waals surface area contributed by atoms with E-state index in [4.69, 9.17) is 0 Å². The Labute approximate surface area is 105 Å². The molecule has 2 unspecified atom stereocenters. The van der Waals surface area contributed by atoms with Gasteiger partial charge in [0.15, 0.2) is 0 Å². The number of likely N-dealkylation sites (tertiary alicyclic amines) is 1. The Morgan fingerprint density at radius 1 is 1.25 bits per heavy atom. The molecular weight excluding hydrogens is 216 g/mol. The van der Waals surface area contributed by atoms with Crippen LogP contribution >= 0.6 is 11.8 Å². The van der Waals surface area contributed by atoms with Gasteiger partial charge in [0.25, 0.3) is 0 Å². The summed E-state index contributed by atoms with van der Waals surface area (Å²) in [6.07, 6.45) is 5.58. The van der Waals surface area contributed by atoms with E-state index in [1.165, 1.54) is 51.1 Å². The summed E-state index contributed by atoms with van der Waals surface area (Å²) < 4.78 is 0. The Hall–Kier alpha value is 0.270. The topological polar surface area (TPSA) is 15.3 Å². The minimum atomic E-state index is 0.788. The molecule has 94 valence electrons. The van der Waals surface area contributed by atoms with Crippen molar-refractivity contribution < 1.29 is 0 Å². The normalized spacial score (nSPS) is 33.4. The highest BCUT2D eigenvalue weighted by molar-refractivity contribution is 8.00. The van der Waals surface area contributed by atoms with Gasteiger partial charge in [-0.3, -0.25) is 0 Å². The van der Waals surface area contributed by atoms with Gasteiger partial charge >= 0.3 is 0 Å². The number of hydrogen-bond acceptors (Lipinski definition) is 3. The van der Waals surface area contributed by atoms with Gasteiger partial charge in [-0.25, -0.2) is 0 Å². The Kier molecular flexibility index (Phi) is 4.98. The van der Waals surface area contributed by atoms with Crippen LogP contribution in [0.15, 0.2) is 0 Å². The maximum Gasteiger partial charge on any atom is 0.0191 e. The molecule has 0 aliphatic carbocycles. The molecule has 0 bridgehead atoms. The Morgan fingerprint density at radius 2 is 2.00 bits per heavy atom. The minimum absolute atomic E-state index is 0.788. The molecule has 0 aromatic carbocycles. The molecule has 3 heteroatoms. The van der Waals surface area contributed by atoms with E-state index in [2.05, 4.69) is 35.9 Å². The molecule has 0 saturated carbocycles. The van der Waals surface area contributed by atoms with Gasteiger partial charge in [-0.05, 0) is 64.0 Å². The molecule has 2 heterocycles. The largest absolute Gasteiger partial charge is 0.313 e. The lowest BCUT2D eigenvalue weighted by Gasteiger charge is -2.29. The molecule has 16 heavy (non-hydrogen) atoms. The third kappa shape index (κ3) is 3.64. The lowest BCUT2D eigenvalue weighted by atomic mass is 9.94. The average Bonchev–Trinajstić information content (AvgIpc) is 2.68. The third-order valence-electron chi connectivity index (χ3n) is 4.17. The zero-order chi connectivity index (χ0) is 11.4. The number of rotatable bonds is 4. The Balaban J connectivity index is 1.57. The Morgan fingerprint density at radius 3 is 2.62 bits per heavy atom. The first-order valence-corrected chi connectivity index (χ1v) is 7.84. The predicted octanol–water partition coefficient (Wildman–Crippen LogP) is 2.20. The molecule has 2 saturated heterocycles. The summed E-state index contributed by atoms with van der Waals surface area (Å²) in [4.78, 5) is 2.46. The van der Waals surface area contributed by atoms with Gasteiger partial charge in [-0.2, -0.15) is 11.8 Å². The number of nitrogens with zero attached hydrogens (tertiary/aromatic N) is 1. The van der Waals surface area contributed by atoms with E-state index in [-0.39, 0.29) is 0 Å². The first kappa shape index (κ1) is 12.7. The van der Waals surface area contributed by atoms with E-state index in [0.717, 1.165) is 17.2 Å². The van der Waals surface area contributed by atoms with Crippen molar-refractivity contribution in [1.29, 1.82) is 0 Å². The quantitative estimate of drug-likeness (QED) is 0.814. The van der Waals surface area contributed by atoms with Crippen LogP contribution in [0.2, 0.25) is 0 Å². The number of thioether (sulfide) groups is 1. The van der Waals surface area contributed by atoms with Crippen molar-refractivity contribution in [2.45, 2.75) is 43.9 Å². The molecular formula is C13H26N2S. The number of hydrogen-bond donors (Lipinski definition) is 1. The second-order valence-corrected chi connectivity index (χ2v) is 6.95. The lowest BCUT2D eigenvalue weighted by molar-refractivity contribution is 0.210. The van der Waals surface area contributed by atoms with Crippen LogP contribution in [0.25, 0.3) is 0 Å². The predicted molar refractivity (Wildman–Crippen MR) is 73.2 cm³/mol. The third-order valence-corrected chi connectivity index (χ3v) is 5.50. The van der Waals surface area contributed by atoms with Crippen molar-refractivity contribution >= 4 is 11.8 Å². The van der Waals surface area contributed by atoms with Crippen LogP contribution in [0.1, 0.15) is 32.6 Å². The van der Waals surface area contributed by atoms with Crippen molar-refractivity contribution in [3.8, 4) is 0 Å². The average molecular weight is 242 g/mol. The molecule has 2 aliphatic heterocycles. The summed E-state index contributed by atoms with van der Waals surface area (Å²) in [5, 5.41) is 4.59. The summed E-state index contributed by atoms with van der Waals surface area (Å²) >= 11 is 2.12. The second-order valence-electron chi connectivity index (χ2n) is 5.46. The second kappa shape index (κ2) is 6.27. The van der Waals surface area contributed by atoms with E-state index in [1.807, 2.05) is 0 Å². The molecule has 2 nitrogen and oxygen atoms in total. The fourth-order valence-electron chi connectivity index (χ4n) is 2.82. The monoisotopic (exact) mass is 242 g/mol. The summed E-state index contributed by atoms with van der Waals surface area (Å²) in [6.45, 7) is 6.22. The van der Waals surface area contributed by atoms with E-state index in [0.29, 0.717) is 0 Å². The molecule has 2 atom stereocenters. The van der Waals surface area contributed by atoms with Gasteiger partial charge in [-0.1, -0.05) is 6.92 Å². The fourth-order valence-corrected chi connectivity index (χ4v) is 4.05. The van der Waals surface area contributed by atoms with Crippen LogP contribution < -0.4 is 5.32 Å². The lowest BCUT2D eigenvalue weighted by Crippen LogP contribution is -2.36. The van der Waals surface area contributed by atoms with Gasteiger partial charge in [-0.15, -0.1) is 0 Å². The molecule has 1 N–H and O–H groups in total.